The number of hydrogen-bond donors (Lipinski definition) is 1. The van der Waals surface area contributed by atoms with E-state index in [1.54, 1.807) is 12.1 Å². The van der Waals surface area contributed by atoms with Crippen molar-refractivity contribution in [3.05, 3.63) is 24.3 Å². The van der Waals surface area contributed by atoms with Crippen molar-refractivity contribution in [1.82, 2.24) is 4.31 Å². The molecule has 0 spiro atoms. The predicted octanol–water partition coefficient (Wildman–Crippen LogP) is 2.49. The van der Waals surface area contributed by atoms with Gasteiger partial charge in [0.25, 0.3) is 0 Å². The van der Waals surface area contributed by atoms with Gasteiger partial charge in [-0.3, -0.25) is 4.79 Å². The SMILES string of the molecule is CCOc1ccc(S(=O)(=O)N(CC(=O)O)C2CCCCC2)cc1. The highest BCUT2D eigenvalue weighted by atomic mass is 32.2. The molecule has 1 N–H and O–H groups in total. The largest absolute Gasteiger partial charge is 0.494 e. The van der Waals surface area contributed by atoms with Crippen molar-refractivity contribution < 1.29 is 23.1 Å². The fourth-order valence-electron chi connectivity index (χ4n) is 2.92. The molecule has 0 atom stereocenters. The number of benzene rings is 1. The third-order valence-electron chi connectivity index (χ3n) is 4.01. The molecule has 0 heterocycles. The van der Waals surface area contributed by atoms with Crippen LogP contribution in [-0.2, 0) is 14.8 Å². The maximum absolute atomic E-state index is 12.9. The van der Waals surface area contributed by atoms with E-state index in [1.165, 1.54) is 12.1 Å². The van der Waals surface area contributed by atoms with Crippen LogP contribution in [0.25, 0.3) is 0 Å². The van der Waals surface area contributed by atoms with Crippen LogP contribution in [-0.4, -0.2) is 43.0 Å². The van der Waals surface area contributed by atoms with Gasteiger partial charge in [-0.2, -0.15) is 4.31 Å². The Balaban J connectivity index is 2.28. The van der Waals surface area contributed by atoms with Crippen LogP contribution >= 0.6 is 0 Å². The number of ether oxygens (including phenoxy) is 1. The second-order valence-electron chi connectivity index (χ2n) is 5.64. The zero-order valence-corrected chi connectivity index (χ0v) is 14.1. The molecule has 0 radical (unpaired) electrons. The Bertz CT molecular complexity index is 620. The van der Waals surface area contributed by atoms with E-state index in [0.29, 0.717) is 25.2 Å². The lowest BCUT2D eigenvalue weighted by Crippen LogP contribution is -2.44. The monoisotopic (exact) mass is 341 g/mol. The van der Waals surface area contributed by atoms with Gasteiger partial charge in [0, 0.05) is 6.04 Å². The number of sulfonamides is 1. The lowest BCUT2D eigenvalue weighted by Gasteiger charge is -2.32. The van der Waals surface area contributed by atoms with Crippen LogP contribution in [0.3, 0.4) is 0 Å². The van der Waals surface area contributed by atoms with Crippen LogP contribution in [0, 0.1) is 0 Å². The molecule has 0 bridgehead atoms. The Labute approximate surface area is 137 Å². The highest BCUT2D eigenvalue weighted by Crippen LogP contribution is 2.28. The van der Waals surface area contributed by atoms with Gasteiger partial charge in [-0.15, -0.1) is 0 Å². The van der Waals surface area contributed by atoms with Gasteiger partial charge in [-0.1, -0.05) is 19.3 Å². The number of carboxylic acids is 1. The molecule has 2 rings (SSSR count). The van der Waals surface area contributed by atoms with Crippen LogP contribution in [0.15, 0.2) is 29.2 Å². The van der Waals surface area contributed by atoms with Crippen molar-refractivity contribution in [3.63, 3.8) is 0 Å². The molecule has 0 saturated heterocycles. The van der Waals surface area contributed by atoms with Gasteiger partial charge in [0.2, 0.25) is 10.0 Å². The number of carbonyl (C=O) groups is 1. The molecular formula is C16H23NO5S. The molecule has 1 fully saturated rings. The molecule has 1 aromatic carbocycles. The van der Waals surface area contributed by atoms with E-state index in [9.17, 15) is 13.2 Å². The molecule has 0 aromatic heterocycles. The fourth-order valence-corrected chi connectivity index (χ4v) is 4.56. The van der Waals surface area contributed by atoms with E-state index in [4.69, 9.17) is 9.84 Å². The van der Waals surface area contributed by atoms with Crippen molar-refractivity contribution in [3.8, 4) is 5.75 Å². The highest BCUT2D eigenvalue weighted by Gasteiger charge is 2.33. The Morgan fingerprint density at radius 1 is 1.22 bits per heavy atom. The fraction of sp³-hybridized carbons (Fsp3) is 0.562. The van der Waals surface area contributed by atoms with Crippen molar-refractivity contribution in [2.45, 2.75) is 50.0 Å². The predicted molar refractivity (Wildman–Crippen MR) is 86.0 cm³/mol. The Kier molecular flexibility index (Phi) is 6.01. The Morgan fingerprint density at radius 2 is 1.83 bits per heavy atom. The summed E-state index contributed by atoms with van der Waals surface area (Å²) in [4.78, 5) is 11.2. The van der Waals surface area contributed by atoms with E-state index in [2.05, 4.69) is 0 Å². The molecule has 7 heteroatoms. The topological polar surface area (TPSA) is 83.9 Å². The second kappa shape index (κ2) is 7.79. The summed E-state index contributed by atoms with van der Waals surface area (Å²) in [5.74, 6) is -0.543. The summed E-state index contributed by atoms with van der Waals surface area (Å²) in [7, 11) is -3.83. The van der Waals surface area contributed by atoms with Crippen LogP contribution in [0.5, 0.6) is 5.75 Å². The standard InChI is InChI=1S/C16H23NO5S/c1-2-22-14-8-10-15(11-9-14)23(20,21)17(12-16(18)19)13-6-4-3-5-7-13/h8-11,13H,2-7,12H2,1H3,(H,18,19). The van der Waals surface area contributed by atoms with Crippen LogP contribution in [0.1, 0.15) is 39.0 Å². The lowest BCUT2D eigenvalue weighted by atomic mass is 9.95. The molecule has 128 valence electrons. The summed E-state index contributed by atoms with van der Waals surface area (Å²) in [6, 6.07) is 5.89. The molecular weight excluding hydrogens is 318 g/mol. The molecule has 1 aliphatic carbocycles. The normalized spacial score (nSPS) is 16.4. The Hall–Kier alpha value is -1.60. The summed E-state index contributed by atoms with van der Waals surface area (Å²) >= 11 is 0. The minimum absolute atomic E-state index is 0.104. The maximum atomic E-state index is 12.9. The number of hydrogen-bond acceptors (Lipinski definition) is 4. The summed E-state index contributed by atoms with van der Waals surface area (Å²) < 4.78 is 32.2. The molecule has 0 unspecified atom stereocenters. The highest BCUT2D eigenvalue weighted by molar-refractivity contribution is 7.89. The number of carboxylic acid groups (broad SMARTS) is 1. The first-order valence-electron chi connectivity index (χ1n) is 7.91. The minimum atomic E-state index is -3.83. The third-order valence-corrected chi connectivity index (χ3v) is 5.93. The zero-order chi connectivity index (χ0) is 16.9. The van der Waals surface area contributed by atoms with E-state index < -0.39 is 22.5 Å². The van der Waals surface area contributed by atoms with Crippen molar-refractivity contribution in [2.75, 3.05) is 13.2 Å². The van der Waals surface area contributed by atoms with Crippen LogP contribution in [0.2, 0.25) is 0 Å². The first-order valence-corrected chi connectivity index (χ1v) is 9.35. The average Bonchev–Trinajstić information content (AvgIpc) is 2.54. The Morgan fingerprint density at radius 3 is 2.35 bits per heavy atom. The van der Waals surface area contributed by atoms with Gasteiger partial charge < -0.3 is 9.84 Å². The third kappa shape index (κ3) is 4.45. The molecule has 23 heavy (non-hydrogen) atoms. The summed E-state index contributed by atoms with van der Waals surface area (Å²) in [5, 5.41) is 9.11. The first kappa shape index (κ1) is 17.7. The zero-order valence-electron chi connectivity index (χ0n) is 13.3. The molecule has 1 saturated carbocycles. The van der Waals surface area contributed by atoms with Gasteiger partial charge in [-0.05, 0) is 44.0 Å². The van der Waals surface area contributed by atoms with Gasteiger partial charge in [0.15, 0.2) is 0 Å². The van der Waals surface area contributed by atoms with Gasteiger partial charge >= 0.3 is 5.97 Å². The molecule has 0 amide bonds. The smallest absolute Gasteiger partial charge is 0.318 e. The molecule has 1 aromatic rings. The van der Waals surface area contributed by atoms with Gasteiger partial charge in [-0.25, -0.2) is 8.42 Å². The van der Waals surface area contributed by atoms with Crippen molar-refractivity contribution in [2.24, 2.45) is 0 Å². The summed E-state index contributed by atoms with van der Waals surface area (Å²) in [5.41, 5.74) is 0. The molecule has 6 nitrogen and oxygen atoms in total. The van der Waals surface area contributed by atoms with Gasteiger partial charge in [0.1, 0.15) is 12.3 Å². The minimum Gasteiger partial charge on any atom is -0.494 e. The number of nitrogens with zero attached hydrogens (tertiary/aromatic N) is 1. The number of aliphatic carboxylic acids is 1. The van der Waals surface area contributed by atoms with Gasteiger partial charge in [0.05, 0.1) is 11.5 Å². The van der Waals surface area contributed by atoms with E-state index in [1.807, 2.05) is 6.92 Å². The summed E-state index contributed by atoms with van der Waals surface area (Å²) in [6.45, 7) is 1.85. The maximum Gasteiger partial charge on any atom is 0.318 e. The van der Waals surface area contributed by atoms with Crippen LogP contribution < -0.4 is 4.74 Å². The van der Waals surface area contributed by atoms with E-state index in [0.717, 1.165) is 23.6 Å². The van der Waals surface area contributed by atoms with Crippen molar-refractivity contribution in [1.29, 1.82) is 0 Å². The molecule has 1 aliphatic rings. The first-order chi connectivity index (χ1) is 10.9. The van der Waals surface area contributed by atoms with Crippen molar-refractivity contribution >= 4 is 16.0 Å². The molecule has 0 aliphatic heterocycles. The van der Waals surface area contributed by atoms with E-state index in [-0.39, 0.29) is 10.9 Å². The quantitative estimate of drug-likeness (QED) is 0.824. The number of rotatable bonds is 7. The average molecular weight is 341 g/mol. The second-order valence-corrected chi connectivity index (χ2v) is 7.53. The van der Waals surface area contributed by atoms with E-state index >= 15 is 0 Å². The van der Waals surface area contributed by atoms with Crippen LogP contribution in [0.4, 0.5) is 0 Å². The summed E-state index contributed by atoms with van der Waals surface area (Å²) in [6.07, 6.45) is 4.35. The lowest BCUT2D eigenvalue weighted by molar-refractivity contribution is -0.137.